The van der Waals surface area contributed by atoms with E-state index in [1.165, 1.54) is 0 Å². The number of rotatable bonds is 5. The highest BCUT2D eigenvalue weighted by Gasteiger charge is 2.11. The van der Waals surface area contributed by atoms with Crippen molar-refractivity contribution in [1.82, 2.24) is 30.4 Å². The van der Waals surface area contributed by atoms with E-state index in [1.807, 2.05) is 25.6 Å². The van der Waals surface area contributed by atoms with Gasteiger partial charge in [0.1, 0.15) is 17.2 Å². The van der Waals surface area contributed by atoms with Crippen molar-refractivity contribution < 1.29 is 4.63 Å². The highest BCUT2D eigenvalue weighted by atomic mass is 32.2. The lowest BCUT2D eigenvalue weighted by atomic mass is 10.4. The number of nitrogens with zero attached hydrogens (tertiary/aromatic N) is 5. The van der Waals surface area contributed by atoms with Crippen molar-refractivity contribution in [1.29, 1.82) is 0 Å². The van der Waals surface area contributed by atoms with E-state index in [2.05, 4.69) is 30.5 Å². The Bertz CT molecular complexity index is 493. The lowest BCUT2D eigenvalue weighted by Crippen LogP contribution is -2.10. The van der Waals surface area contributed by atoms with Crippen LogP contribution >= 0.6 is 11.8 Å². The van der Waals surface area contributed by atoms with Crippen LogP contribution in [0.2, 0.25) is 0 Å². The molecule has 0 bridgehead atoms. The molecule has 0 aliphatic heterocycles. The zero-order chi connectivity index (χ0) is 12.3. The van der Waals surface area contributed by atoms with Crippen molar-refractivity contribution in [2.75, 3.05) is 7.05 Å². The Morgan fingerprint density at radius 3 is 2.82 bits per heavy atom. The molecule has 92 valence electrons. The van der Waals surface area contributed by atoms with E-state index in [9.17, 15) is 0 Å². The van der Waals surface area contributed by atoms with Crippen LogP contribution in [-0.4, -0.2) is 32.1 Å². The first-order valence-electron chi connectivity index (χ1n) is 5.16. The molecule has 7 nitrogen and oxygen atoms in total. The van der Waals surface area contributed by atoms with E-state index >= 15 is 0 Å². The molecule has 0 aromatic carbocycles. The molecule has 17 heavy (non-hydrogen) atoms. The maximum atomic E-state index is 4.64. The Morgan fingerprint density at radius 1 is 1.35 bits per heavy atom. The van der Waals surface area contributed by atoms with Gasteiger partial charge in [0.05, 0.1) is 6.54 Å². The van der Waals surface area contributed by atoms with Gasteiger partial charge in [0.25, 0.3) is 0 Å². The van der Waals surface area contributed by atoms with Gasteiger partial charge in [-0.05, 0) is 14.0 Å². The highest BCUT2D eigenvalue weighted by molar-refractivity contribution is 7.98. The number of hydrogen-bond donors (Lipinski definition) is 1. The molecule has 2 aromatic rings. The van der Waals surface area contributed by atoms with Crippen LogP contribution in [0.25, 0.3) is 0 Å². The van der Waals surface area contributed by atoms with Crippen LogP contribution in [0, 0.1) is 6.92 Å². The van der Waals surface area contributed by atoms with Gasteiger partial charge >= 0.3 is 0 Å². The van der Waals surface area contributed by atoms with E-state index in [1.54, 1.807) is 11.8 Å². The SMILES string of the molecule is CNCc1nnc(SCc2nonc2C)n1C. The van der Waals surface area contributed by atoms with Gasteiger partial charge in [-0.3, -0.25) is 0 Å². The van der Waals surface area contributed by atoms with Crippen LogP contribution in [0.15, 0.2) is 9.79 Å². The first-order valence-corrected chi connectivity index (χ1v) is 6.14. The van der Waals surface area contributed by atoms with Crippen molar-refractivity contribution in [3.63, 3.8) is 0 Å². The molecule has 2 heterocycles. The molecule has 0 unspecified atom stereocenters. The molecule has 0 fully saturated rings. The average molecular weight is 254 g/mol. The van der Waals surface area contributed by atoms with Crippen LogP contribution < -0.4 is 5.32 Å². The number of aryl methyl sites for hydroxylation is 1. The first kappa shape index (κ1) is 12.1. The molecule has 2 rings (SSSR count). The Morgan fingerprint density at radius 2 is 2.18 bits per heavy atom. The zero-order valence-electron chi connectivity index (χ0n) is 9.97. The summed E-state index contributed by atoms with van der Waals surface area (Å²) in [6.45, 7) is 2.57. The fourth-order valence-corrected chi connectivity index (χ4v) is 2.22. The van der Waals surface area contributed by atoms with Gasteiger partial charge in [0.15, 0.2) is 5.16 Å². The maximum Gasteiger partial charge on any atom is 0.191 e. The topological polar surface area (TPSA) is 81.7 Å². The van der Waals surface area contributed by atoms with Crippen LogP contribution in [0.5, 0.6) is 0 Å². The summed E-state index contributed by atoms with van der Waals surface area (Å²) >= 11 is 1.56. The van der Waals surface area contributed by atoms with Gasteiger partial charge in [-0.1, -0.05) is 22.1 Å². The normalized spacial score (nSPS) is 11.0. The third-order valence-electron chi connectivity index (χ3n) is 2.34. The smallest absolute Gasteiger partial charge is 0.191 e. The summed E-state index contributed by atoms with van der Waals surface area (Å²) in [5.74, 6) is 1.59. The van der Waals surface area contributed by atoms with E-state index in [4.69, 9.17) is 0 Å². The minimum Gasteiger partial charge on any atom is -0.313 e. The van der Waals surface area contributed by atoms with Crippen LogP contribution in [0.1, 0.15) is 17.2 Å². The molecule has 8 heteroatoms. The third-order valence-corrected chi connectivity index (χ3v) is 3.38. The van der Waals surface area contributed by atoms with E-state index in [0.717, 1.165) is 22.4 Å². The number of thioether (sulfide) groups is 1. The standard InChI is InChI=1S/C9H14N6OS/c1-6-7(14-16-13-6)5-17-9-12-11-8(4-10-2)15(9)3/h10H,4-5H2,1-3H3. The predicted molar refractivity (Wildman–Crippen MR) is 62.4 cm³/mol. The van der Waals surface area contributed by atoms with E-state index < -0.39 is 0 Å². The second kappa shape index (κ2) is 5.28. The molecule has 1 N–H and O–H groups in total. The van der Waals surface area contributed by atoms with E-state index in [0.29, 0.717) is 12.3 Å². The third kappa shape index (κ3) is 2.64. The molecule has 2 aromatic heterocycles. The molecule has 0 aliphatic rings. The number of hydrogen-bond acceptors (Lipinski definition) is 7. The molecular weight excluding hydrogens is 240 g/mol. The summed E-state index contributed by atoms with van der Waals surface area (Å²) in [5, 5.41) is 19.7. The van der Waals surface area contributed by atoms with Crippen molar-refractivity contribution in [3.8, 4) is 0 Å². The molecule has 0 saturated carbocycles. The first-order chi connectivity index (χ1) is 8.22. The minimum atomic E-state index is 0.681. The van der Waals surface area contributed by atoms with Crippen LogP contribution in [0.4, 0.5) is 0 Å². The lowest BCUT2D eigenvalue weighted by molar-refractivity contribution is 0.302. The summed E-state index contributed by atoms with van der Waals surface area (Å²) in [4.78, 5) is 0. The van der Waals surface area contributed by atoms with Crippen molar-refractivity contribution in [2.45, 2.75) is 24.4 Å². The zero-order valence-corrected chi connectivity index (χ0v) is 10.8. The molecule has 0 aliphatic carbocycles. The quantitative estimate of drug-likeness (QED) is 0.779. The Balaban J connectivity index is 2.02. The largest absolute Gasteiger partial charge is 0.313 e. The molecule has 0 atom stereocenters. The summed E-state index contributed by atoms with van der Waals surface area (Å²) in [5.41, 5.74) is 1.66. The molecule has 0 radical (unpaired) electrons. The fraction of sp³-hybridized carbons (Fsp3) is 0.556. The second-order valence-corrected chi connectivity index (χ2v) is 4.52. The van der Waals surface area contributed by atoms with Crippen molar-refractivity contribution in [3.05, 3.63) is 17.2 Å². The molecular formula is C9H14N6OS. The van der Waals surface area contributed by atoms with Crippen molar-refractivity contribution in [2.24, 2.45) is 7.05 Å². The maximum absolute atomic E-state index is 4.64. The number of nitrogens with one attached hydrogen (secondary N) is 1. The minimum absolute atomic E-state index is 0.681. The van der Waals surface area contributed by atoms with Crippen molar-refractivity contribution >= 4 is 11.8 Å². The van der Waals surface area contributed by atoms with Gasteiger partial charge in [-0.2, -0.15) is 0 Å². The summed E-state index contributed by atoms with van der Waals surface area (Å²) in [7, 11) is 3.83. The summed E-state index contributed by atoms with van der Waals surface area (Å²) in [6, 6.07) is 0. The Labute approximate surface area is 103 Å². The van der Waals surface area contributed by atoms with Crippen LogP contribution in [-0.2, 0) is 19.3 Å². The summed E-state index contributed by atoms with van der Waals surface area (Å²) < 4.78 is 6.60. The highest BCUT2D eigenvalue weighted by Crippen LogP contribution is 2.21. The summed E-state index contributed by atoms with van der Waals surface area (Å²) in [6.07, 6.45) is 0. The van der Waals surface area contributed by atoms with Gasteiger partial charge in [0.2, 0.25) is 0 Å². The van der Waals surface area contributed by atoms with E-state index in [-0.39, 0.29) is 0 Å². The Kier molecular flexibility index (Phi) is 3.75. The lowest BCUT2D eigenvalue weighted by Gasteiger charge is -2.01. The molecule has 0 spiro atoms. The fourth-order valence-electron chi connectivity index (χ4n) is 1.30. The monoisotopic (exact) mass is 254 g/mol. The second-order valence-electron chi connectivity index (χ2n) is 3.57. The Hall–Kier alpha value is -1.41. The average Bonchev–Trinajstić information content (AvgIpc) is 2.86. The van der Waals surface area contributed by atoms with Gasteiger partial charge in [0, 0.05) is 12.8 Å². The van der Waals surface area contributed by atoms with Gasteiger partial charge in [-0.15, -0.1) is 10.2 Å². The van der Waals surface area contributed by atoms with Gasteiger partial charge < -0.3 is 9.88 Å². The molecule has 0 saturated heterocycles. The predicted octanol–water partition coefficient (Wildman–Crippen LogP) is 0.518. The van der Waals surface area contributed by atoms with Gasteiger partial charge in [-0.25, -0.2) is 4.63 Å². The van der Waals surface area contributed by atoms with Crippen LogP contribution in [0.3, 0.4) is 0 Å². The number of aromatic nitrogens is 5. The molecule has 0 amide bonds.